The Labute approximate surface area is 86.3 Å². The third-order valence-electron chi connectivity index (χ3n) is 2.00. The number of ether oxygens (including phenoxy) is 2. The Morgan fingerprint density at radius 3 is 2.46 bits per heavy atom. The molecular weight excluding hydrogens is 219 g/mol. The monoisotopic (exact) mass is 230 g/mol. The van der Waals surface area contributed by atoms with Crippen molar-refractivity contribution in [3.63, 3.8) is 0 Å². The number of hydrogen-bond acceptors (Lipinski definition) is 4. The first-order valence-electron chi connectivity index (χ1n) is 3.86. The highest BCUT2D eigenvalue weighted by molar-refractivity contribution is 6.23. The van der Waals surface area contributed by atoms with Gasteiger partial charge in [-0.2, -0.15) is 0 Å². The highest BCUT2D eigenvalue weighted by Crippen LogP contribution is 2.26. The van der Waals surface area contributed by atoms with E-state index in [-0.39, 0.29) is 5.88 Å². The Balaban J connectivity index is 2.66. The molecule has 1 aliphatic rings. The van der Waals surface area contributed by atoms with Crippen LogP contribution in [0.3, 0.4) is 0 Å². The number of methoxy groups -OCH3 is 1. The van der Waals surface area contributed by atoms with E-state index < -0.39 is 30.0 Å². The summed E-state index contributed by atoms with van der Waals surface area (Å²) in [6.45, 7) is 0. The second kappa shape index (κ2) is 4.77. The number of halogens is 2. The van der Waals surface area contributed by atoms with Crippen molar-refractivity contribution in [2.24, 2.45) is 0 Å². The summed E-state index contributed by atoms with van der Waals surface area (Å²) in [5.74, 6) is 0.151. The molecule has 0 spiro atoms. The van der Waals surface area contributed by atoms with Crippen molar-refractivity contribution >= 4 is 23.2 Å². The van der Waals surface area contributed by atoms with Crippen molar-refractivity contribution in [3.05, 3.63) is 0 Å². The van der Waals surface area contributed by atoms with Crippen LogP contribution in [0.25, 0.3) is 0 Å². The Bertz CT molecular complexity index is 149. The Kier molecular flexibility index (Phi) is 4.22. The van der Waals surface area contributed by atoms with E-state index in [1.807, 2.05) is 0 Å². The van der Waals surface area contributed by atoms with Crippen LogP contribution in [0.5, 0.6) is 0 Å². The fraction of sp³-hybridized carbons (Fsp3) is 1.00. The van der Waals surface area contributed by atoms with Crippen LogP contribution in [0.15, 0.2) is 0 Å². The number of aliphatic hydroxyl groups excluding tert-OH is 2. The molecule has 0 aromatic rings. The van der Waals surface area contributed by atoms with Crippen LogP contribution >= 0.6 is 23.2 Å². The molecule has 4 nitrogen and oxygen atoms in total. The maximum absolute atomic E-state index is 9.45. The molecule has 5 atom stereocenters. The maximum atomic E-state index is 9.45. The van der Waals surface area contributed by atoms with Gasteiger partial charge in [0.2, 0.25) is 0 Å². The zero-order valence-electron chi connectivity index (χ0n) is 7.06. The summed E-state index contributed by atoms with van der Waals surface area (Å²) in [5, 5.41) is 18.1. The van der Waals surface area contributed by atoms with Gasteiger partial charge in [-0.05, 0) is 0 Å². The molecule has 0 bridgehead atoms. The van der Waals surface area contributed by atoms with Gasteiger partial charge in [-0.25, -0.2) is 0 Å². The molecular formula is C7H12Cl2O4. The van der Waals surface area contributed by atoms with Crippen molar-refractivity contribution < 1.29 is 19.7 Å². The van der Waals surface area contributed by atoms with Gasteiger partial charge >= 0.3 is 0 Å². The fourth-order valence-corrected chi connectivity index (χ4v) is 1.87. The Morgan fingerprint density at radius 2 is 2.00 bits per heavy atom. The normalized spacial score (nSPS) is 46.4. The molecule has 0 aliphatic carbocycles. The van der Waals surface area contributed by atoms with Crippen LogP contribution in [0.1, 0.15) is 0 Å². The van der Waals surface area contributed by atoms with Crippen LogP contribution in [0.2, 0.25) is 0 Å². The summed E-state index contributed by atoms with van der Waals surface area (Å²) in [5.41, 5.74) is 0. The van der Waals surface area contributed by atoms with Crippen molar-refractivity contribution in [1.29, 1.82) is 0 Å². The molecule has 1 rings (SSSR count). The van der Waals surface area contributed by atoms with E-state index in [4.69, 9.17) is 32.7 Å². The highest BCUT2D eigenvalue weighted by atomic mass is 35.5. The lowest BCUT2D eigenvalue weighted by atomic mass is 10.0. The molecule has 6 heteroatoms. The first kappa shape index (κ1) is 11.5. The van der Waals surface area contributed by atoms with Crippen LogP contribution in [0, 0.1) is 0 Å². The van der Waals surface area contributed by atoms with Gasteiger partial charge in [-0.3, -0.25) is 0 Å². The minimum atomic E-state index is -1.13. The lowest BCUT2D eigenvalue weighted by molar-refractivity contribution is -0.251. The molecule has 3 unspecified atom stereocenters. The largest absolute Gasteiger partial charge is 0.389 e. The van der Waals surface area contributed by atoms with E-state index in [0.29, 0.717) is 0 Å². The zero-order chi connectivity index (χ0) is 10.0. The average Bonchev–Trinajstić information content (AvgIpc) is 2.15. The summed E-state index contributed by atoms with van der Waals surface area (Å²) in [6.07, 6.45) is -3.59. The Morgan fingerprint density at radius 1 is 1.38 bits per heavy atom. The molecule has 0 aromatic carbocycles. The van der Waals surface area contributed by atoms with E-state index in [2.05, 4.69) is 0 Å². The van der Waals surface area contributed by atoms with Gasteiger partial charge in [0, 0.05) is 7.11 Å². The number of rotatable bonds is 2. The highest BCUT2D eigenvalue weighted by Gasteiger charge is 2.43. The quantitative estimate of drug-likeness (QED) is 0.653. The average molecular weight is 231 g/mol. The van der Waals surface area contributed by atoms with Gasteiger partial charge in [0.1, 0.15) is 12.2 Å². The lowest BCUT2D eigenvalue weighted by Crippen LogP contribution is -2.56. The summed E-state index contributed by atoms with van der Waals surface area (Å²) < 4.78 is 9.99. The zero-order valence-corrected chi connectivity index (χ0v) is 8.57. The molecule has 2 N–H and O–H groups in total. The van der Waals surface area contributed by atoms with E-state index in [1.165, 1.54) is 7.11 Å². The van der Waals surface area contributed by atoms with Gasteiger partial charge in [-0.15, -0.1) is 23.2 Å². The van der Waals surface area contributed by atoms with E-state index in [1.54, 1.807) is 0 Å². The molecule has 1 aliphatic heterocycles. The molecule has 0 radical (unpaired) electrons. The summed E-state index contributed by atoms with van der Waals surface area (Å²) in [7, 11) is 1.38. The molecule has 0 amide bonds. The second-order valence-electron chi connectivity index (χ2n) is 2.86. The van der Waals surface area contributed by atoms with Crippen LogP contribution < -0.4 is 0 Å². The number of hydrogen-bond donors (Lipinski definition) is 2. The molecule has 0 aromatic heterocycles. The second-order valence-corrected chi connectivity index (χ2v) is 3.67. The lowest BCUT2D eigenvalue weighted by Gasteiger charge is -2.38. The molecule has 1 heterocycles. The minimum absolute atomic E-state index is 0.151. The van der Waals surface area contributed by atoms with Gasteiger partial charge in [0.15, 0.2) is 6.29 Å². The summed E-state index contributed by atoms with van der Waals surface area (Å²) in [4.78, 5) is 0. The van der Waals surface area contributed by atoms with E-state index >= 15 is 0 Å². The molecule has 0 saturated carbocycles. The third-order valence-corrected chi connectivity index (χ3v) is 2.85. The van der Waals surface area contributed by atoms with Crippen molar-refractivity contribution in [1.82, 2.24) is 0 Å². The van der Waals surface area contributed by atoms with Crippen molar-refractivity contribution in [2.45, 2.75) is 30.0 Å². The Hall–Kier alpha value is 0.420. The van der Waals surface area contributed by atoms with Gasteiger partial charge in [0.25, 0.3) is 0 Å². The first-order chi connectivity index (χ1) is 6.11. The van der Waals surface area contributed by atoms with Crippen molar-refractivity contribution in [3.8, 4) is 0 Å². The number of aliphatic hydroxyl groups is 2. The topological polar surface area (TPSA) is 58.9 Å². The van der Waals surface area contributed by atoms with Gasteiger partial charge in [0.05, 0.1) is 17.4 Å². The predicted molar refractivity (Wildman–Crippen MR) is 48.0 cm³/mol. The summed E-state index contributed by atoms with van der Waals surface area (Å²) in [6, 6.07) is 0. The van der Waals surface area contributed by atoms with E-state index in [9.17, 15) is 10.2 Å². The smallest absolute Gasteiger partial charge is 0.186 e. The SMILES string of the molecule is CO[C@H]1OC(CCl)[C@H](Cl)C(O)C1O. The third kappa shape index (κ3) is 2.26. The maximum Gasteiger partial charge on any atom is 0.186 e. The fourth-order valence-electron chi connectivity index (χ4n) is 1.21. The van der Waals surface area contributed by atoms with E-state index in [0.717, 1.165) is 0 Å². The van der Waals surface area contributed by atoms with Crippen LogP contribution in [-0.4, -0.2) is 53.2 Å². The predicted octanol–water partition coefficient (Wildman–Crippen LogP) is -0.0743. The molecule has 78 valence electrons. The molecule has 1 fully saturated rings. The van der Waals surface area contributed by atoms with Gasteiger partial charge in [-0.1, -0.05) is 0 Å². The van der Waals surface area contributed by atoms with Crippen LogP contribution in [-0.2, 0) is 9.47 Å². The van der Waals surface area contributed by atoms with Gasteiger partial charge < -0.3 is 19.7 Å². The van der Waals surface area contributed by atoms with Crippen LogP contribution in [0.4, 0.5) is 0 Å². The molecule has 13 heavy (non-hydrogen) atoms. The molecule has 1 saturated heterocycles. The number of alkyl halides is 2. The standard InChI is InChI=1S/C7H12Cl2O4/c1-12-7-6(11)5(10)4(9)3(2-8)13-7/h3-7,10-11H,2H2,1H3/t3?,4-,5?,6?,7-/m0/s1. The first-order valence-corrected chi connectivity index (χ1v) is 4.83. The minimum Gasteiger partial charge on any atom is -0.389 e. The summed E-state index contributed by atoms with van der Waals surface area (Å²) >= 11 is 11.3. The van der Waals surface area contributed by atoms with Crippen molar-refractivity contribution in [2.75, 3.05) is 13.0 Å².